The van der Waals surface area contributed by atoms with Gasteiger partial charge in [-0.25, -0.2) is 4.98 Å². The van der Waals surface area contributed by atoms with Crippen LogP contribution >= 0.6 is 0 Å². The van der Waals surface area contributed by atoms with Crippen LogP contribution in [0, 0.1) is 5.41 Å². The zero-order valence-corrected chi connectivity index (χ0v) is 18.6. The normalized spacial score (nSPS) is 14.1. The highest BCUT2D eigenvalue weighted by Gasteiger charge is 2.24. The van der Waals surface area contributed by atoms with E-state index in [1.165, 1.54) is 0 Å². The van der Waals surface area contributed by atoms with E-state index in [0.717, 1.165) is 29.1 Å². The van der Waals surface area contributed by atoms with Crippen molar-refractivity contribution in [2.75, 3.05) is 17.6 Å². The van der Waals surface area contributed by atoms with E-state index in [-0.39, 0.29) is 11.5 Å². The monoisotopic (exact) mass is 432 g/mol. The summed E-state index contributed by atoms with van der Waals surface area (Å²) in [5, 5.41) is 3.01. The van der Waals surface area contributed by atoms with Crippen molar-refractivity contribution in [3.05, 3.63) is 69.9 Å². The molecule has 3 heterocycles. The summed E-state index contributed by atoms with van der Waals surface area (Å²) in [5.41, 5.74) is 9.80. The molecule has 0 unspecified atom stereocenters. The van der Waals surface area contributed by atoms with Gasteiger partial charge in [0.1, 0.15) is 5.82 Å². The number of anilines is 2. The van der Waals surface area contributed by atoms with Gasteiger partial charge in [0.2, 0.25) is 5.91 Å². The highest BCUT2D eigenvalue weighted by atomic mass is 16.2. The Labute approximate surface area is 186 Å². The van der Waals surface area contributed by atoms with Crippen LogP contribution in [0.25, 0.3) is 11.4 Å². The largest absolute Gasteiger partial charge is 0.399 e. The van der Waals surface area contributed by atoms with E-state index in [9.17, 15) is 9.59 Å². The Hall–Kier alpha value is -3.52. The number of aromatic amines is 1. The van der Waals surface area contributed by atoms with E-state index in [4.69, 9.17) is 10.7 Å². The third-order valence-corrected chi connectivity index (χ3v) is 5.56. The van der Waals surface area contributed by atoms with Gasteiger partial charge in [0, 0.05) is 66.4 Å². The lowest BCUT2D eigenvalue weighted by molar-refractivity contribution is -0.123. The van der Waals surface area contributed by atoms with Crippen LogP contribution in [0.15, 0.2) is 47.5 Å². The minimum absolute atomic E-state index is 0.0511. The first-order valence-corrected chi connectivity index (χ1v) is 10.7. The van der Waals surface area contributed by atoms with Gasteiger partial charge in [0.25, 0.3) is 5.56 Å². The highest BCUT2D eigenvalue weighted by molar-refractivity contribution is 5.95. The van der Waals surface area contributed by atoms with Crippen molar-refractivity contribution in [3.8, 4) is 11.4 Å². The van der Waals surface area contributed by atoms with Crippen LogP contribution < -0.4 is 16.6 Å². The molecule has 3 aromatic rings. The molecule has 1 amide bonds. The van der Waals surface area contributed by atoms with Crippen molar-refractivity contribution in [1.29, 1.82) is 0 Å². The number of nitrogen functional groups attached to an aromatic ring is 1. The fourth-order valence-corrected chi connectivity index (χ4v) is 3.62. The molecule has 166 valence electrons. The van der Waals surface area contributed by atoms with Gasteiger partial charge >= 0.3 is 0 Å². The lowest BCUT2D eigenvalue weighted by Crippen LogP contribution is -2.36. The molecule has 0 saturated heterocycles. The van der Waals surface area contributed by atoms with Gasteiger partial charge in [-0.1, -0.05) is 20.8 Å². The molecule has 0 aliphatic carbocycles. The first kappa shape index (κ1) is 21.7. The molecule has 1 aliphatic rings. The van der Waals surface area contributed by atoms with Gasteiger partial charge in [-0.15, -0.1) is 0 Å². The summed E-state index contributed by atoms with van der Waals surface area (Å²) in [6.45, 7) is 7.45. The number of rotatable bonds is 4. The number of pyridine rings is 1. The molecule has 4 rings (SSSR count). The van der Waals surface area contributed by atoms with E-state index in [1.54, 1.807) is 24.5 Å². The lowest BCUT2D eigenvalue weighted by Gasteiger charge is -2.28. The van der Waals surface area contributed by atoms with Gasteiger partial charge in [-0.05, 0) is 30.3 Å². The Balaban J connectivity index is 1.53. The van der Waals surface area contributed by atoms with E-state index in [0.29, 0.717) is 36.6 Å². The predicted octanol–water partition coefficient (Wildman–Crippen LogP) is 2.96. The topological polar surface area (TPSA) is 117 Å². The highest BCUT2D eigenvalue weighted by Crippen LogP contribution is 2.24. The molecule has 0 fully saturated rings. The van der Waals surface area contributed by atoms with Gasteiger partial charge < -0.3 is 16.0 Å². The van der Waals surface area contributed by atoms with Crippen LogP contribution in [-0.2, 0) is 24.3 Å². The number of carbonyl (C=O) groups is 1. The number of H-pyrrole nitrogens is 1. The number of amides is 1. The Morgan fingerprint density at radius 2 is 1.97 bits per heavy atom. The number of carbonyl (C=O) groups excluding carboxylic acids is 1. The maximum atomic E-state index is 12.8. The lowest BCUT2D eigenvalue weighted by atomic mass is 9.95. The quantitative estimate of drug-likeness (QED) is 0.546. The fourth-order valence-electron chi connectivity index (χ4n) is 3.62. The molecule has 0 atom stereocenters. The minimum Gasteiger partial charge on any atom is -0.399 e. The summed E-state index contributed by atoms with van der Waals surface area (Å²) in [6, 6.07) is 9.10. The second-order valence-electron chi connectivity index (χ2n) is 9.16. The second kappa shape index (κ2) is 8.55. The molecule has 2 aromatic heterocycles. The van der Waals surface area contributed by atoms with Crippen LogP contribution in [0.2, 0.25) is 0 Å². The summed E-state index contributed by atoms with van der Waals surface area (Å²) in [4.78, 5) is 39.3. The van der Waals surface area contributed by atoms with Crippen molar-refractivity contribution < 1.29 is 4.79 Å². The number of hydrogen-bond donors (Lipinski definition) is 3. The molecule has 1 aliphatic heterocycles. The SMILES string of the molecule is CC(C)(C)C(=O)Nc1ccncc1CN1CCc2nc(-c3ccc(N)cc3)[nH]c(=O)c2C1. The summed E-state index contributed by atoms with van der Waals surface area (Å²) < 4.78 is 0. The van der Waals surface area contributed by atoms with Crippen molar-refractivity contribution in [2.24, 2.45) is 5.41 Å². The maximum Gasteiger partial charge on any atom is 0.255 e. The molecule has 32 heavy (non-hydrogen) atoms. The summed E-state index contributed by atoms with van der Waals surface area (Å²) in [6.07, 6.45) is 4.10. The summed E-state index contributed by atoms with van der Waals surface area (Å²) in [5.74, 6) is 0.506. The number of nitrogens with one attached hydrogen (secondary N) is 2. The minimum atomic E-state index is -0.494. The average Bonchev–Trinajstić information content (AvgIpc) is 2.75. The first-order valence-electron chi connectivity index (χ1n) is 10.7. The number of nitrogens with zero attached hydrogens (tertiary/aromatic N) is 3. The molecule has 0 saturated carbocycles. The zero-order valence-electron chi connectivity index (χ0n) is 18.6. The third-order valence-electron chi connectivity index (χ3n) is 5.56. The Morgan fingerprint density at radius 1 is 1.22 bits per heavy atom. The van der Waals surface area contributed by atoms with Crippen molar-refractivity contribution in [2.45, 2.75) is 40.3 Å². The third kappa shape index (κ3) is 4.70. The molecule has 8 heteroatoms. The molecular weight excluding hydrogens is 404 g/mol. The van der Waals surface area contributed by atoms with E-state index < -0.39 is 5.41 Å². The van der Waals surface area contributed by atoms with Crippen molar-refractivity contribution in [3.63, 3.8) is 0 Å². The van der Waals surface area contributed by atoms with Crippen LogP contribution in [0.3, 0.4) is 0 Å². The molecule has 0 spiro atoms. The van der Waals surface area contributed by atoms with E-state index in [1.807, 2.05) is 39.0 Å². The number of nitrogens with two attached hydrogens (primary N) is 1. The number of benzene rings is 1. The van der Waals surface area contributed by atoms with E-state index >= 15 is 0 Å². The second-order valence-corrected chi connectivity index (χ2v) is 9.16. The van der Waals surface area contributed by atoms with Crippen molar-refractivity contribution in [1.82, 2.24) is 19.9 Å². The Morgan fingerprint density at radius 3 is 2.69 bits per heavy atom. The number of fused-ring (bicyclic) bond motifs is 1. The van der Waals surface area contributed by atoms with Gasteiger partial charge in [-0.3, -0.25) is 19.5 Å². The first-order chi connectivity index (χ1) is 15.2. The smallest absolute Gasteiger partial charge is 0.255 e. The van der Waals surface area contributed by atoms with Crippen LogP contribution in [-0.4, -0.2) is 32.3 Å². The molecule has 0 radical (unpaired) electrons. The number of aromatic nitrogens is 3. The van der Waals surface area contributed by atoms with Crippen LogP contribution in [0.1, 0.15) is 37.6 Å². The zero-order chi connectivity index (χ0) is 22.9. The average molecular weight is 433 g/mol. The standard InChI is InChI=1S/C24H28N6O2/c1-24(2,3)23(32)28-19-8-10-26-12-16(19)13-30-11-9-20-18(14-30)22(31)29-21(27-20)15-4-6-17(25)7-5-15/h4-8,10,12H,9,11,13-14,25H2,1-3H3,(H,26,28,32)(H,27,29,31). The summed E-state index contributed by atoms with van der Waals surface area (Å²) >= 11 is 0. The Bertz CT molecular complexity index is 1190. The van der Waals surface area contributed by atoms with Gasteiger partial charge in [0.15, 0.2) is 0 Å². The van der Waals surface area contributed by atoms with Gasteiger partial charge in [0.05, 0.1) is 11.3 Å². The summed E-state index contributed by atoms with van der Waals surface area (Å²) in [7, 11) is 0. The van der Waals surface area contributed by atoms with Crippen LogP contribution in [0.5, 0.6) is 0 Å². The Kier molecular flexibility index (Phi) is 5.80. The molecule has 0 bridgehead atoms. The molecule has 1 aromatic carbocycles. The van der Waals surface area contributed by atoms with Crippen molar-refractivity contribution >= 4 is 17.3 Å². The fraction of sp³-hybridized carbons (Fsp3) is 0.333. The number of hydrogen-bond acceptors (Lipinski definition) is 6. The van der Waals surface area contributed by atoms with Crippen LogP contribution in [0.4, 0.5) is 11.4 Å². The molecule has 8 nitrogen and oxygen atoms in total. The predicted molar refractivity (Wildman–Crippen MR) is 125 cm³/mol. The van der Waals surface area contributed by atoms with Gasteiger partial charge in [-0.2, -0.15) is 0 Å². The van der Waals surface area contributed by atoms with E-state index in [2.05, 4.69) is 20.2 Å². The molecular formula is C24H28N6O2. The maximum absolute atomic E-state index is 12.8. The molecule has 4 N–H and O–H groups in total.